The number of hydrogen-bond acceptors (Lipinski definition) is 4. The van der Waals surface area contributed by atoms with Gasteiger partial charge in [0.1, 0.15) is 11.9 Å². The lowest BCUT2D eigenvalue weighted by atomic mass is 10.1. The predicted molar refractivity (Wildman–Crippen MR) is 73.1 cm³/mol. The van der Waals surface area contributed by atoms with Gasteiger partial charge in [0.25, 0.3) is 0 Å². The molecule has 0 radical (unpaired) electrons. The van der Waals surface area contributed by atoms with Crippen molar-refractivity contribution in [2.24, 2.45) is 0 Å². The van der Waals surface area contributed by atoms with Crippen LogP contribution in [-0.4, -0.2) is 32.0 Å². The maximum absolute atomic E-state index is 11.5. The fraction of sp³-hybridized carbons (Fsp3) is 0.571. The molecule has 5 heteroatoms. The molecule has 2 rings (SSSR count). The molecule has 0 aromatic heterocycles. The van der Waals surface area contributed by atoms with Gasteiger partial charge in [-0.05, 0) is 37.5 Å². The molecule has 4 nitrogen and oxygen atoms in total. The van der Waals surface area contributed by atoms with Crippen molar-refractivity contribution in [3.8, 4) is 5.75 Å². The second-order valence-corrected chi connectivity index (χ2v) is 7.12. The van der Waals surface area contributed by atoms with Crippen molar-refractivity contribution in [1.29, 1.82) is 0 Å². The quantitative estimate of drug-likeness (QED) is 0.864. The number of sulfone groups is 1. The molecule has 0 spiro atoms. The van der Waals surface area contributed by atoms with Crippen LogP contribution in [0.3, 0.4) is 0 Å². The predicted octanol–water partition coefficient (Wildman–Crippen LogP) is 2.16. The van der Waals surface area contributed by atoms with Gasteiger partial charge in [0, 0.05) is 6.26 Å². The summed E-state index contributed by atoms with van der Waals surface area (Å²) in [5, 5.41) is 10.00. The highest BCUT2D eigenvalue weighted by Crippen LogP contribution is 2.24. The number of rotatable bonds is 3. The molecular weight excluding hydrogens is 264 g/mol. The van der Waals surface area contributed by atoms with Gasteiger partial charge in [-0.3, -0.25) is 0 Å². The zero-order valence-corrected chi connectivity index (χ0v) is 11.9. The molecule has 1 N–H and O–H groups in total. The smallest absolute Gasteiger partial charge is 0.175 e. The first-order valence-corrected chi connectivity index (χ1v) is 8.51. The molecule has 0 aliphatic heterocycles. The third-order valence-electron chi connectivity index (χ3n) is 3.44. The Kier molecular flexibility index (Phi) is 4.47. The molecule has 1 aromatic rings. The molecule has 1 aromatic carbocycles. The summed E-state index contributed by atoms with van der Waals surface area (Å²) >= 11 is 0. The van der Waals surface area contributed by atoms with Crippen LogP contribution < -0.4 is 4.74 Å². The average molecular weight is 284 g/mol. The van der Waals surface area contributed by atoms with Gasteiger partial charge in [0.05, 0.1) is 11.0 Å². The Labute approximate surface area is 114 Å². The zero-order valence-electron chi connectivity index (χ0n) is 11.1. The monoisotopic (exact) mass is 284 g/mol. The first-order valence-electron chi connectivity index (χ1n) is 6.61. The van der Waals surface area contributed by atoms with Gasteiger partial charge in [-0.25, -0.2) is 8.42 Å². The van der Waals surface area contributed by atoms with E-state index in [1.54, 1.807) is 18.2 Å². The lowest BCUT2D eigenvalue weighted by Crippen LogP contribution is -2.30. The molecule has 0 saturated heterocycles. The average Bonchev–Trinajstić information content (AvgIpc) is 2.54. The summed E-state index contributed by atoms with van der Waals surface area (Å²) in [6, 6.07) is 6.46. The number of benzene rings is 1. The highest BCUT2D eigenvalue weighted by atomic mass is 32.2. The van der Waals surface area contributed by atoms with Crippen molar-refractivity contribution < 1.29 is 18.3 Å². The summed E-state index contributed by atoms with van der Waals surface area (Å²) in [5.74, 6) is 0.508. The Balaban J connectivity index is 2.14. The van der Waals surface area contributed by atoms with Gasteiger partial charge in [-0.2, -0.15) is 0 Å². The maximum atomic E-state index is 11.5. The van der Waals surface area contributed by atoms with Crippen molar-refractivity contribution in [3.05, 3.63) is 24.3 Å². The lowest BCUT2D eigenvalue weighted by molar-refractivity contribution is 0.0318. The van der Waals surface area contributed by atoms with Crippen LogP contribution in [0, 0.1) is 0 Å². The number of hydrogen-bond donors (Lipinski definition) is 1. The van der Waals surface area contributed by atoms with E-state index in [4.69, 9.17) is 4.74 Å². The molecule has 2 atom stereocenters. The summed E-state index contributed by atoms with van der Waals surface area (Å²) < 4.78 is 28.8. The second-order valence-electron chi connectivity index (χ2n) is 5.11. The third-order valence-corrected chi connectivity index (χ3v) is 4.55. The van der Waals surface area contributed by atoms with Crippen molar-refractivity contribution in [1.82, 2.24) is 0 Å². The van der Waals surface area contributed by atoms with Crippen LogP contribution in [0.4, 0.5) is 0 Å². The van der Waals surface area contributed by atoms with E-state index in [1.165, 1.54) is 12.3 Å². The van der Waals surface area contributed by atoms with Crippen LogP contribution in [0.25, 0.3) is 0 Å². The number of aliphatic hydroxyl groups is 1. The molecule has 0 bridgehead atoms. The standard InChI is InChI=1S/C14H20O4S/c1-19(16,17)12-7-5-6-11(10-12)18-14-9-4-2-3-8-13(14)15/h5-7,10,13-15H,2-4,8-9H2,1H3. The summed E-state index contributed by atoms with van der Waals surface area (Å²) in [4.78, 5) is 0.244. The van der Waals surface area contributed by atoms with Crippen molar-refractivity contribution in [2.45, 2.75) is 49.2 Å². The molecule has 1 aliphatic carbocycles. The van der Waals surface area contributed by atoms with E-state index >= 15 is 0 Å². The zero-order chi connectivity index (χ0) is 13.9. The van der Waals surface area contributed by atoms with Crippen LogP contribution in [0.1, 0.15) is 32.1 Å². The Morgan fingerprint density at radius 1 is 1.21 bits per heavy atom. The molecule has 1 aliphatic rings. The van der Waals surface area contributed by atoms with Crippen molar-refractivity contribution in [2.75, 3.05) is 6.26 Å². The van der Waals surface area contributed by atoms with Crippen molar-refractivity contribution >= 4 is 9.84 Å². The molecule has 1 saturated carbocycles. The van der Waals surface area contributed by atoms with E-state index in [0.717, 1.165) is 32.1 Å². The topological polar surface area (TPSA) is 63.6 Å². The molecule has 1 fully saturated rings. The van der Waals surface area contributed by atoms with Crippen molar-refractivity contribution in [3.63, 3.8) is 0 Å². The van der Waals surface area contributed by atoms with Crippen LogP contribution in [0.2, 0.25) is 0 Å². The Bertz CT molecular complexity index is 524. The normalized spacial score (nSPS) is 24.7. The minimum absolute atomic E-state index is 0.239. The third kappa shape index (κ3) is 3.94. The van der Waals surface area contributed by atoms with Gasteiger partial charge in [0.2, 0.25) is 0 Å². The molecule has 0 heterocycles. The van der Waals surface area contributed by atoms with E-state index < -0.39 is 15.9 Å². The minimum Gasteiger partial charge on any atom is -0.488 e. The number of ether oxygens (including phenoxy) is 1. The van der Waals surface area contributed by atoms with Gasteiger partial charge >= 0.3 is 0 Å². The highest BCUT2D eigenvalue weighted by Gasteiger charge is 2.23. The summed E-state index contributed by atoms with van der Waals surface area (Å²) in [5.41, 5.74) is 0. The highest BCUT2D eigenvalue weighted by molar-refractivity contribution is 7.90. The summed E-state index contributed by atoms with van der Waals surface area (Å²) in [6.07, 6.45) is 5.19. The van der Waals surface area contributed by atoms with Crippen LogP contribution >= 0.6 is 0 Å². The van der Waals surface area contributed by atoms with Gasteiger partial charge in [-0.15, -0.1) is 0 Å². The van der Waals surface area contributed by atoms with E-state index in [2.05, 4.69) is 0 Å². The van der Waals surface area contributed by atoms with Crippen LogP contribution in [0.15, 0.2) is 29.2 Å². The maximum Gasteiger partial charge on any atom is 0.175 e. The van der Waals surface area contributed by atoms with Gasteiger partial charge < -0.3 is 9.84 Å². The SMILES string of the molecule is CS(=O)(=O)c1cccc(OC2CCCCCC2O)c1. The molecule has 2 unspecified atom stereocenters. The van der Waals surface area contributed by atoms with E-state index in [0.29, 0.717) is 5.75 Å². The van der Waals surface area contributed by atoms with E-state index in [9.17, 15) is 13.5 Å². The van der Waals surface area contributed by atoms with E-state index in [-0.39, 0.29) is 11.0 Å². The summed E-state index contributed by atoms with van der Waals surface area (Å²) in [6.45, 7) is 0. The van der Waals surface area contributed by atoms with Gasteiger partial charge in [0.15, 0.2) is 9.84 Å². The summed E-state index contributed by atoms with van der Waals surface area (Å²) in [7, 11) is -3.23. The second kappa shape index (κ2) is 5.92. The molecule has 19 heavy (non-hydrogen) atoms. The minimum atomic E-state index is -3.23. The Morgan fingerprint density at radius 3 is 2.68 bits per heavy atom. The fourth-order valence-electron chi connectivity index (χ4n) is 2.34. The van der Waals surface area contributed by atoms with E-state index in [1.807, 2.05) is 0 Å². The molecular formula is C14H20O4S. The largest absolute Gasteiger partial charge is 0.488 e. The Morgan fingerprint density at radius 2 is 1.95 bits per heavy atom. The lowest BCUT2D eigenvalue weighted by Gasteiger charge is -2.22. The first kappa shape index (κ1) is 14.3. The Hall–Kier alpha value is -1.07. The number of aliphatic hydroxyl groups excluding tert-OH is 1. The first-order chi connectivity index (χ1) is 8.97. The molecule has 106 valence electrons. The van der Waals surface area contributed by atoms with Crippen LogP contribution in [-0.2, 0) is 9.84 Å². The fourth-order valence-corrected chi connectivity index (χ4v) is 3.00. The van der Waals surface area contributed by atoms with Crippen LogP contribution in [0.5, 0.6) is 5.75 Å². The molecule has 0 amide bonds. The van der Waals surface area contributed by atoms with Gasteiger partial charge in [-0.1, -0.05) is 18.9 Å².